The average Bonchev–Trinajstić information content (AvgIpc) is 2.13. The maximum atomic E-state index is 5.40. The summed E-state index contributed by atoms with van der Waals surface area (Å²) in [7, 11) is 5.74. The largest absolute Gasteiger partial charge is 0.494 e. The van der Waals surface area contributed by atoms with Crippen molar-refractivity contribution in [3.63, 3.8) is 0 Å². The van der Waals surface area contributed by atoms with Crippen LogP contribution in [0.15, 0.2) is 10.5 Å². The predicted molar refractivity (Wildman–Crippen MR) is 64.5 cm³/mol. The van der Waals surface area contributed by atoms with Gasteiger partial charge in [-0.1, -0.05) is 15.9 Å². The van der Waals surface area contributed by atoms with Crippen molar-refractivity contribution in [2.75, 3.05) is 26.1 Å². The highest BCUT2D eigenvalue weighted by Gasteiger charge is 2.13. The van der Waals surface area contributed by atoms with Gasteiger partial charge >= 0.3 is 0 Å². The van der Waals surface area contributed by atoms with Crippen LogP contribution in [0.5, 0.6) is 5.75 Å². The van der Waals surface area contributed by atoms with Crippen LogP contribution in [0.4, 0.5) is 5.69 Å². The first-order valence-corrected chi connectivity index (χ1v) is 5.29. The molecule has 0 amide bonds. The maximum absolute atomic E-state index is 5.40. The fourth-order valence-electron chi connectivity index (χ4n) is 1.51. The van der Waals surface area contributed by atoms with Crippen molar-refractivity contribution in [2.24, 2.45) is 0 Å². The zero-order valence-electron chi connectivity index (χ0n) is 9.31. The Kier molecular flexibility index (Phi) is 3.43. The molecule has 1 aromatic carbocycles. The Morgan fingerprint density at radius 1 is 1.29 bits per heavy atom. The first-order chi connectivity index (χ1) is 6.49. The zero-order valence-corrected chi connectivity index (χ0v) is 10.9. The lowest BCUT2D eigenvalue weighted by Crippen LogP contribution is -2.11. The number of methoxy groups -OCH3 is 1. The Hall–Kier alpha value is -0.700. The van der Waals surface area contributed by atoms with E-state index in [1.807, 2.05) is 14.1 Å². The molecule has 2 nitrogen and oxygen atoms in total. The molecule has 0 aliphatic carbocycles. The van der Waals surface area contributed by atoms with Gasteiger partial charge in [0.15, 0.2) is 0 Å². The standard InChI is InChI=1S/C11H16BrNO/c1-7-6-9(13(3)4)11(14-5)8(2)10(7)12/h6H,1-5H3. The van der Waals surface area contributed by atoms with Gasteiger partial charge in [-0.3, -0.25) is 0 Å². The SMILES string of the molecule is COc1c(N(C)C)cc(C)c(Br)c1C. The Balaban J connectivity index is 3.43. The Bertz CT molecular complexity index is 348. The van der Waals surface area contributed by atoms with E-state index in [1.54, 1.807) is 7.11 Å². The zero-order chi connectivity index (χ0) is 10.9. The van der Waals surface area contributed by atoms with Crippen molar-refractivity contribution in [3.05, 3.63) is 21.7 Å². The van der Waals surface area contributed by atoms with E-state index in [2.05, 4.69) is 40.7 Å². The third-order valence-electron chi connectivity index (χ3n) is 2.29. The third-order valence-corrected chi connectivity index (χ3v) is 3.51. The molecule has 0 aromatic heterocycles. The normalized spacial score (nSPS) is 10.1. The molecule has 0 aliphatic rings. The maximum Gasteiger partial charge on any atom is 0.146 e. The van der Waals surface area contributed by atoms with Crippen LogP contribution in [-0.2, 0) is 0 Å². The Labute approximate surface area is 94.0 Å². The van der Waals surface area contributed by atoms with E-state index in [9.17, 15) is 0 Å². The van der Waals surface area contributed by atoms with Gasteiger partial charge in [0.05, 0.1) is 12.8 Å². The molecule has 0 saturated heterocycles. The molecular weight excluding hydrogens is 242 g/mol. The van der Waals surface area contributed by atoms with E-state index in [1.165, 1.54) is 5.56 Å². The van der Waals surface area contributed by atoms with Crippen LogP contribution in [-0.4, -0.2) is 21.2 Å². The quantitative estimate of drug-likeness (QED) is 0.808. The van der Waals surface area contributed by atoms with Gasteiger partial charge in [0.1, 0.15) is 5.75 Å². The molecule has 0 N–H and O–H groups in total. The van der Waals surface area contributed by atoms with E-state index in [0.29, 0.717) is 0 Å². The first kappa shape index (κ1) is 11.4. The van der Waals surface area contributed by atoms with Crippen molar-refractivity contribution in [3.8, 4) is 5.75 Å². The summed E-state index contributed by atoms with van der Waals surface area (Å²) in [6.45, 7) is 4.15. The van der Waals surface area contributed by atoms with E-state index in [4.69, 9.17) is 4.74 Å². The lowest BCUT2D eigenvalue weighted by atomic mass is 10.1. The molecule has 1 aromatic rings. The lowest BCUT2D eigenvalue weighted by Gasteiger charge is -2.20. The molecule has 0 fully saturated rings. The van der Waals surface area contributed by atoms with Crippen molar-refractivity contribution < 1.29 is 4.74 Å². The van der Waals surface area contributed by atoms with E-state index < -0.39 is 0 Å². The number of hydrogen-bond donors (Lipinski definition) is 0. The van der Waals surface area contributed by atoms with E-state index in [0.717, 1.165) is 21.5 Å². The molecule has 0 saturated carbocycles. The second-order valence-corrected chi connectivity index (χ2v) is 4.37. The number of nitrogens with zero attached hydrogens (tertiary/aromatic N) is 1. The Morgan fingerprint density at radius 3 is 2.29 bits per heavy atom. The van der Waals surface area contributed by atoms with Gasteiger partial charge in [-0.15, -0.1) is 0 Å². The van der Waals surface area contributed by atoms with Crippen LogP contribution in [0.1, 0.15) is 11.1 Å². The second kappa shape index (κ2) is 4.22. The van der Waals surface area contributed by atoms with E-state index in [-0.39, 0.29) is 0 Å². The number of anilines is 1. The molecule has 0 aliphatic heterocycles. The van der Waals surface area contributed by atoms with Crippen LogP contribution in [0.3, 0.4) is 0 Å². The molecule has 14 heavy (non-hydrogen) atoms. The highest BCUT2D eigenvalue weighted by atomic mass is 79.9. The fraction of sp³-hybridized carbons (Fsp3) is 0.455. The molecule has 3 heteroatoms. The van der Waals surface area contributed by atoms with Gasteiger partial charge in [0, 0.05) is 24.1 Å². The molecule has 0 heterocycles. The minimum absolute atomic E-state index is 0.937. The van der Waals surface area contributed by atoms with Gasteiger partial charge in [0.2, 0.25) is 0 Å². The topological polar surface area (TPSA) is 12.5 Å². The molecule has 0 radical (unpaired) electrons. The van der Waals surface area contributed by atoms with Crippen LogP contribution in [0.2, 0.25) is 0 Å². The second-order valence-electron chi connectivity index (χ2n) is 3.58. The van der Waals surface area contributed by atoms with Crippen LogP contribution < -0.4 is 9.64 Å². The van der Waals surface area contributed by atoms with Crippen LogP contribution in [0, 0.1) is 13.8 Å². The summed E-state index contributed by atoms with van der Waals surface area (Å²) in [6.07, 6.45) is 0. The molecule has 0 spiro atoms. The number of aryl methyl sites for hydroxylation is 1. The van der Waals surface area contributed by atoms with Gasteiger partial charge in [-0.05, 0) is 25.5 Å². The van der Waals surface area contributed by atoms with Gasteiger partial charge in [0.25, 0.3) is 0 Å². The van der Waals surface area contributed by atoms with E-state index >= 15 is 0 Å². The number of hydrogen-bond acceptors (Lipinski definition) is 2. The number of halogens is 1. The summed E-state index contributed by atoms with van der Waals surface area (Å²) >= 11 is 3.56. The third kappa shape index (κ3) is 1.87. The smallest absolute Gasteiger partial charge is 0.146 e. The summed E-state index contributed by atoms with van der Waals surface area (Å²) in [5, 5.41) is 0. The minimum Gasteiger partial charge on any atom is -0.494 e. The molecule has 0 atom stereocenters. The summed E-state index contributed by atoms with van der Waals surface area (Å²) in [5.74, 6) is 0.937. The van der Waals surface area contributed by atoms with Gasteiger partial charge < -0.3 is 9.64 Å². The lowest BCUT2D eigenvalue weighted by molar-refractivity contribution is 0.412. The molecule has 1 rings (SSSR count). The van der Waals surface area contributed by atoms with Crippen molar-refractivity contribution in [1.82, 2.24) is 0 Å². The molecule has 0 bridgehead atoms. The molecule has 0 unspecified atom stereocenters. The van der Waals surface area contributed by atoms with Gasteiger partial charge in [-0.2, -0.15) is 0 Å². The summed E-state index contributed by atoms with van der Waals surface area (Å²) < 4.78 is 6.53. The minimum atomic E-state index is 0.937. The summed E-state index contributed by atoms with van der Waals surface area (Å²) in [6, 6.07) is 2.12. The van der Waals surface area contributed by atoms with Crippen molar-refractivity contribution in [2.45, 2.75) is 13.8 Å². The van der Waals surface area contributed by atoms with Crippen LogP contribution >= 0.6 is 15.9 Å². The molecular formula is C11H16BrNO. The fourth-order valence-corrected chi connectivity index (χ4v) is 1.81. The first-order valence-electron chi connectivity index (χ1n) is 4.50. The number of ether oxygens (including phenoxy) is 1. The van der Waals surface area contributed by atoms with Crippen molar-refractivity contribution >= 4 is 21.6 Å². The molecule has 78 valence electrons. The van der Waals surface area contributed by atoms with Crippen LogP contribution in [0.25, 0.3) is 0 Å². The van der Waals surface area contributed by atoms with Gasteiger partial charge in [-0.25, -0.2) is 0 Å². The average molecular weight is 258 g/mol. The van der Waals surface area contributed by atoms with Crippen molar-refractivity contribution in [1.29, 1.82) is 0 Å². The highest BCUT2D eigenvalue weighted by molar-refractivity contribution is 9.10. The number of benzene rings is 1. The summed E-state index contributed by atoms with van der Waals surface area (Å²) in [4.78, 5) is 2.06. The number of rotatable bonds is 2. The highest BCUT2D eigenvalue weighted by Crippen LogP contribution is 2.37. The Morgan fingerprint density at radius 2 is 1.86 bits per heavy atom. The monoisotopic (exact) mass is 257 g/mol. The predicted octanol–water partition coefficient (Wildman–Crippen LogP) is 3.14. The summed E-state index contributed by atoms with van der Waals surface area (Å²) in [5.41, 5.74) is 3.49.